The highest BCUT2D eigenvalue weighted by Gasteiger charge is 2.30. The van der Waals surface area contributed by atoms with Crippen LogP contribution in [0.1, 0.15) is 51.3 Å². The molecule has 0 aliphatic heterocycles. The number of rotatable bonds is 14. The van der Waals surface area contributed by atoms with Crippen molar-refractivity contribution in [2.24, 2.45) is 0 Å². The van der Waals surface area contributed by atoms with Crippen LogP contribution < -0.4 is 24.8 Å². The number of nitrogens with zero attached hydrogens (tertiary/aromatic N) is 2. The van der Waals surface area contributed by atoms with E-state index in [1.165, 1.54) is 20.3 Å². The number of methoxy groups -OCH3 is 2. The maximum absolute atomic E-state index is 13.5. The number of nitro groups is 2. The summed E-state index contributed by atoms with van der Waals surface area (Å²) in [6.07, 6.45) is -0.766. The molecule has 3 rings (SSSR count). The number of hydrogen-bond donors (Lipinski definition) is 2. The zero-order valence-electron chi connectivity index (χ0n) is 27.7. The minimum atomic E-state index is -1.16. The van der Waals surface area contributed by atoms with Crippen LogP contribution in [0.5, 0.6) is 17.2 Å². The summed E-state index contributed by atoms with van der Waals surface area (Å²) in [7, 11) is 3.01. The van der Waals surface area contributed by atoms with Gasteiger partial charge in [0.05, 0.1) is 34.6 Å². The van der Waals surface area contributed by atoms with E-state index in [2.05, 4.69) is 26.6 Å². The van der Waals surface area contributed by atoms with E-state index >= 15 is 0 Å². The predicted octanol–water partition coefficient (Wildman–Crippen LogP) is 6.39. The quantitative estimate of drug-likeness (QED) is 0.139. The van der Waals surface area contributed by atoms with Gasteiger partial charge in [-0.2, -0.15) is 0 Å². The molecule has 0 fully saturated rings. The lowest BCUT2D eigenvalue weighted by atomic mass is 9.97. The molecule has 0 spiro atoms. The van der Waals surface area contributed by atoms with Gasteiger partial charge in [-0.1, -0.05) is 12.1 Å². The molecule has 2 N–H and O–H groups in total. The van der Waals surface area contributed by atoms with Crippen molar-refractivity contribution < 1.29 is 38.4 Å². The van der Waals surface area contributed by atoms with Crippen molar-refractivity contribution in [1.29, 1.82) is 0 Å². The summed E-state index contributed by atoms with van der Waals surface area (Å²) >= 11 is 3.15. The number of non-ortho nitro benzene ring substituents is 1. The van der Waals surface area contributed by atoms with Gasteiger partial charge in [-0.15, -0.1) is 0 Å². The molecule has 3 aromatic rings. The SMILES string of the molecule is COc1cc(OC)cc(C(C)(C)OC(=O)N[C@@H](Cc2ccc(OC(C)(C)C)cc2)C(=O)NCCc2cc([N+](=O)[O-])cc([N+](=O)[O-])c2Br)c1. The molecule has 0 aliphatic carbocycles. The monoisotopic (exact) mass is 730 g/mol. The van der Waals surface area contributed by atoms with E-state index in [1.807, 2.05) is 20.8 Å². The van der Waals surface area contributed by atoms with Gasteiger partial charge in [0.1, 0.15) is 34.5 Å². The molecule has 1 atom stereocenters. The number of halogens is 1. The Morgan fingerprint density at radius 2 is 1.48 bits per heavy atom. The number of nitro benzene ring substituents is 2. The largest absolute Gasteiger partial charge is 0.497 e. The molecular formula is C33H39BrN4O10. The van der Waals surface area contributed by atoms with Gasteiger partial charge in [-0.05, 0) is 92.4 Å². The maximum atomic E-state index is 13.5. The summed E-state index contributed by atoms with van der Waals surface area (Å²) in [4.78, 5) is 48.1. The third-order valence-corrected chi connectivity index (χ3v) is 7.92. The van der Waals surface area contributed by atoms with Gasteiger partial charge in [0, 0.05) is 30.7 Å². The van der Waals surface area contributed by atoms with Crippen molar-refractivity contribution in [2.75, 3.05) is 20.8 Å². The third-order valence-electron chi connectivity index (χ3n) is 7.00. The van der Waals surface area contributed by atoms with Crippen LogP contribution in [0.2, 0.25) is 0 Å². The fourth-order valence-corrected chi connectivity index (χ4v) is 5.20. The summed E-state index contributed by atoms with van der Waals surface area (Å²) in [5, 5.41) is 28.2. The summed E-state index contributed by atoms with van der Waals surface area (Å²) < 4.78 is 22.4. The molecule has 2 amide bonds. The molecule has 48 heavy (non-hydrogen) atoms. The molecule has 3 aromatic carbocycles. The predicted molar refractivity (Wildman–Crippen MR) is 181 cm³/mol. The van der Waals surface area contributed by atoms with E-state index in [4.69, 9.17) is 18.9 Å². The second-order valence-corrected chi connectivity index (χ2v) is 13.0. The zero-order chi connectivity index (χ0) is 35.8. The van der Waals surface area contributed by atoms with Gasteiger partial charge in [-0.3, -0.25) is 25.0 Å². The van der Waals surface area contributed by atoms with Crippen LogP contribution in [-0.2, 0) is 28.0 Å². The Morgan fingerprint density at radius 3 is 2.00 bits per heavy atom. The van der Waals surface area contributed by atoms with Crippen molar-refractivity contribution in [2.45, 2.75) is 64.7 Å². The van der Waals surface area contributed by atoms with E-state index in [0.717, 1.165) is 6.07 Å². The van der Waals surface area contributed by atoms with Gasteiger partial charge < -0.3 is 29.6 Å². The molecular weight excluding hydrogens is 692 g/mol. The minimum Gasteiger partial charge on any atom is -0.497 e. The molecule has 0 radical (unpaired) electrons. The van der Waals surface area contributed by atoms with Gasteiger partial charge >= 0.3 is 6.09 Å². The lowest BCUT2D eigenvalue weighted by Gasteiger charge is -2.28. The molecule has 0 saturated heterocycles. The topological polar surface area (TPSA) is 181 Å². The Balaban J connectivity index is 1.82. The van der Waals surface area contributed by atoms with Crippen LogP contribution in [0.15, 0.2) is 59.1 Å². The standard InChI is InChI=1S/C33H39BrN4O10/c1-32(2,3)47-24-10-8-20(9-11-24)14-27(36-31(40)48-33(4,5)22-16-25(45-6)19-26(17-22)46-7)30(39)35-13-12-21-15-23(37(41)42)18-28(29(21)34)38(43)44/h8-11,15-19,27H,12-14H2,1-7H3,(H,35,39)(H,36,40)/t27-/m0/s1. The van der Waals surface area contributed by atoms with Crippen molar-refractivity contribution in [3.05, 3.63) is 96.0 Å². The Morgan fingerprint density at radius 1 is 0.875 bits per heavy atom. The molecule has 0 saturated carbocycles. The first-order chi connectivity index (χ1) is 22.4. The van der Waals surface area contributed by atoms with Crippen molar-refractivity contribution >= 4 is 39.3 Å². The number of hydrogen-bond acceptors (Lipinski definition) is 10. The smallest absolute Gasteiger partial charge is 0.408 e. The Hall–Kier alpha value is -4.92. The summed E-state index contributed by atoms with van der Waals surface area (Å²) in [6.45, 7) is 9.08. The Labute approximate surface area is 286 Å². The van der Waals surface area contributed by atoms with E-state index < -0.39 is 50.5 Å². The second kappa shape index (κ2) is 15.8. The molecule has 258 valence electrons. The number of nitrogens with one attached hydrogen (secondary N) is 2. The first-order valence-electron chi connectivity index (χ1n) is 14.8. The van der Waals surface area contributed by atoms with Gasteiger partial charge in [0.2, 0.25) is 5.91 Å². The Kier molecular flexibility index (Phi) is 12.3. The number of carbonyl (C=O) groups is 2. The number of carbonyl (C=O) groups excluding carboxylic acids is 2. The summed E-state index contributed by atoms with van der Waals surface area (Å²) in [5.74, 6) is 1.06. The zero-order valence-corrected chi connectivity index (χ0v) is 29.3. The van der Waals surface area contributed by atoms with Crippen LogP contribution >= 0.6 is 15.9 Å². The molecule has 0 aliphatic rings. The third kappa shape index (κ3) is 10.6. The van der Waals surface area contributed by atoms with E-state index in [-0.39, 0.29) is 29.4 Å². The van der Waals surface area contributed by atoms with E-state index in [0.29, 0.717) is 28.4 Å². The lowest BCUT2D eigenvalue weighted by molar-refractivity contribution is -0.394. The first kappa shape index (κ1) is 37.5. The molecule has 0 aromatic heterocycles. The van der Waals surface area contributed by atoms with E-state index in [9.17, 15) is 29.8 Å². The number of ether oxygens (including phenoxy) is 4. The lowest BCUT2D eigenvalue weighted by Crippen LogP contribution is -2.49. The fraction of sp³-hybridized carbons (Fsp3) is 0.394. The van der Waals surface area contributed by atoms with Crippen molar-refractivity contribution in [3.8, 4) is 17.2 Å². The van der Waals surface area contributed by atoms with Gasteiger partial charge in [0.25, 0.3) is 11.4 Å². The van der Waals surface area contributed by atoms with Crippen LogP contribution in [0.25, 0.3) is 0 Å². The number of benzene rings is 3. The second-order valence-electron chi connectivity index (χ2n) is 12.3. The maximum Gasteiger partial charge on any atom is 0.408 e. The fourth-order valence-electron chi connectivity index (χ4n) is 4.62. The molecule has 0 unspecified atom stereocenters. The first-order valence-corrected chi connectivity index (χ1v) is 15.6. The highest BCUT2D eigenvalue weighted by Crippen LogP contribution is 2.34. The average Bonchev–Trinajstić information content (AvgIpc) is 3.00. The molecule has 0 bridgehead atoms. The van der Waals surface area contributed by atoms with Crippen molar-refractivity contribution in [3.63, 3.8) is 0 Å². The van der Waals surface area contributed by atoms with Crippen LogP contribution in [0.4, 0.5) is 16.2 Å². The van der Waals surface area contributed by atoms with E-state index in [1.54, 1.807) is 56.3 Å². The number of amides is 2. The Bertz CT molecular complexity index is 1630. The van der Waals surface area contributed by atoms with Crippen LogP contribution in [0.3, 0.4) is 0 Å². The highest BCUT2D eigenvalue weighted by atomic mass is 79.9. The average molecular weight is 732 g/mol. The summed E-state index contributed by atoms with van der Waals surface area (Å²) in [6, 6.07) is 13.1. The van der Waals surface area contributed by atoms with Gasteiger partial charge in [-0.25, -0.2) is 4.79 Å². The molecule has 15 heteroatoms. The van der Waals surface area contributed by atoms with Gasteiger partial charge in [0.15, 0.2) is 0 Å². The molecule has 14 nitrogen and oxygen atoms in total. The normalized spacial score (nSPS) is 12.0. The van der Waals surface area contributed by atoms with Crippen LogP contribution in [-0.4, -0.2) is 54.3 Å². The molecule has 0 heterocycles. The highest BCUT2D eigenvalue weighted by molar-refractivity contribution is 9.10. The number of alkyl carbamates (subject to hydrolysis) is 1. The summed E-state index contributed by atoms with van der Waals surface area (Å²) in [5.41, 5.74) is -0.950. The van der Waals surface area contributed by atoms with Crippen LogP contribution in [0, 0.1) is 20.2 Å². The van der Waals surface area contributed by atoms with Crippen molar-refractivity contribution in [1.82, 2.24) is 10.6 Å². The minimum absolute atomic E-state index is 0.0234.